The minimum atomic E-state index is -0.993. The average molecular weight is 224 g/mol. The zero-order valence-electron chi connectivity index (χ0n) is 9.63. The molecular weight excluding hydrogens is 208 g/mol. The lowest BCUT2D eigenvalue weighted by molar-refractivity contribution is 0.0693. The monoisotopic (exact) mass is 224 g/mol. The molecule has 88 valence electrons. The molecule has 5 heteroatoms. The molecule has 0 saturated heterocycles. The molecule has 0 aliphatic carbocycles. The number of amides is 1. The lowest BCUT2D eigenvalue weighted by Gasteiger charge is -2.17. The highest BCUT2D eigenvalue weighted by Gasteiger charge is 2.16. The van der Waals surface area contributed by atoms with E-state index in [1.54, 1.807) is 20.8 Å². The van der Waals surface area contributed by atoms with Crippen LogP contribution in [0.3, 0.4) is 0 Å². The van der Waals surface area contributed by atoms with Crippen LogP contribution in [0, 0.1) is 6.92 Å². The average Bonchev–Trinajstić information content (AvgIpc) is 2.13. The van der Waals surface area contributed by atoms with Crippen LogP contribution in [0.5, 0.6) is 0 Å². The molecule has 1 amide bonds. The van der Waals surface area contributed by atoms with Crippen LogP contribution in [0.15, 0.2) is 17.1 Å². The highest BCUT2D eigenvalue weighted by Crippen LogP contribution is 1.98. The Morgan fingerprint density at radius 3 is 2.69 bits per heavy atom. The van der Waals surface area contributed by atoms with E-state index in [1.165, 1.54) is 12.3 Å². The van der Waals surface area contributed by atoms with Crippen molar-refractivity contribution in [1.82, 2.24) is 10.3 Å². The number of aromatic amines is 1. The molecular formula is C11H16N2O3. The Morgan fingerprint density at radius 2 is 2.19 bits per heavy atom. The van der Waals surface area contributed by atoms with E-state index in [0.29, 0.717) is 5.69 Å². The van der Waals surface area contributed by atoms with E-state index in [2.05, 4.69) is 10.3 Å². The van der Waals surface area contributed by atoms with Crippen LogP contribution in [0.4, 0.5) is 0 Å². The molecule has 1 aromatic heterocycles. The van der Waals surface area contributed by atoms with E-state index < -0.39 is 11.5 Å². The maximum Gasteiger partial charge on any atom is 0.256 e. The number of aryl methyl sites for hydroxylation is 1. The Morgan fingerprint density at radius 1 is 1.56 bits per heavy atom. The van der Waals surface area contributed by atoms with Crippen molar-refractivity contribution in [1.29, 1.82) is 0 Å². The van der Waals surface area contributed by atoms with Gasteiger partial charge in [0.1, 0.15) is 5.56 Å². The van der Waals surface area contributed by atoms with Crippen molar-refractivity contribution in [3.05, 3.63) is 33.7 Å². The Bertz CT molecular complexity index is 443. The molecule has 0 aromatic carbocycles. The van der Waals surface area contributed by atoms with Crippen molar-refractivity contribution >= 4 is 5.91 Å². The first kappa shape index (κ1) is 12.4. The van der Waals surface area contributed by atoms with Crippen LogP contribution >= 0.6 is 0 Å². The van der Waals surface area contributed by atoms with Crippen LogP contribution in [-0.4, -0.2) is 28.1 Å². The van der Waals surface area contributed by atoms with Crippen molar-refractivity contribution in [2.75, 3.05) is 6.54 Å². The van der Waals surface area contributed by atoms with Crippen LogP contribution in [0.2, 0.25) is 0 Å². The van der Waals surface area contributed by atoms with Crippen molar-refractivity contribution in [3.63, 3.8) is 0 Å². The summed E-state index contributed by atoms with van der Waals surface area (Å²) in [7, 11) is 0. The largest absolute Gasteiger partial charge is 0.389 e. The van der Waals surface area contributed by atoms with E-state index in [0.717, 1.165) is 0 Å². The van der Waals surface area contributed by atoms with E-state index in [-0.39, 0.29) is 17.5 Å². The van der Waals surface area contributed by atoms with Gasteiger partial charge in [-0.2, -0.15) is 0 Å². The van der Waals surface area contributed by atoms with Crippen molar-refractivity contribution < 1.29 is 9.90 Å². The fraction of sp³-hybridized carbons (Fsp3) is 0.455. The molecule has 3 N–H and O–H groups in total. The van der Waals surface area contributed by atoms with Gasteiger partial charge in [-0.15, -0.1) is 0 Å². The van der Waals surface area contributed by atoms with Gasteiger partial charge in [0.15, 0.2) is 5.43 Å². The number of nitrogens with one attached hydrogen (secondary N) is 2. The van der Waals surface area contributed by atoms with Gasteiger partial charge in [-0.05, 0) is 20.8 Å². The molecule has 1 aromatic rings. The number of aromatic nitrogens is 1. The standard InChI is InChI=1S/C11H16N2O3/c1-7-4-9(14)8(5-12-7)10(15)13-6-11(2,3)16/h4-5,16H,6H2,1-3H3,(H,12,14)(H,13,15). The maximum absolute atomic E-state index is 11.6. The number of aliphatic hydroxyl groups is 1. The highest BCUT2D eigenvalue weighted by molar-refractivity contribution is 5.93. The first-order valence-electron chi connectivity index (χ1n) is 4.99. The van der Waals surface area contributed by atoms with Gasteiger partial charge in [-0.1, -0.05) is 0 Å². The molecule has 0 aliphatic heterocycles. The lowest BCUT2D eigenvalue weighted by atomic mass is 10.1. The summed E-state index contributed by atoms with van der Waals surface area (Å²) in [4.78, 5) is 25.8. The van der Waals surface area contributed by atoms with E-state index in [4.69, 9.17) is 0 Å². The molecule has 0 unspecified atom stereocenters. The first-order valence-corrected chi connectivity index (χ1v) is 4.99. The number of carbonyl (C=O) groups is 1. The molecule has 0 radical (unpaired) electrons. The van der Waals surface area contributed by atoms with E-state index in [9.17, 15) is 14.7 Å². The van der Waals surface area contributed by atoms with Crippen molar-refractivity contribution in [2.24, 2.45) is 0 Å². The third-order valence-corrected chi connectivity index (χ3v) is 1.98. The summed E-state index contributed by atoms with van der Waals surface area (Å²) in [5.74, 6) is -0.483. The minimum absolute atomic E-state index is 0.0508. The van der Waals surface area contributed by atoms with Crippen LogP contribution in [0.25, 0.3) is 0 Å². The molecule has 0 spiro atoms. The third kappa shape index (κ3) is 3.51. The van der Waals surface area contributed by atoms with Gasteiger partial charge < -0.3 is 15.4 Å². The van der Waals surface area contributed by atoms with Crippen molar-refractivity contribution in [2.45, 2.75) is 26.4 Å². The lowest BCUT2D eigenvalue weighted by Crippen LogP contribution is -2.39. The fourth-order valence-electron chi connectivity index (χ4n) is 1.14. The van der Waals surface area contributed by atoms with Gasteiger partial charge in [0, 0.05) is 24.5 Å². The summed E-state index contributed by atoms with van der Waals surface area (Å²) < 4.78 is 0. The smallest absolute Gasteiger partial charge is 0.256 e. The summed E-state index contributed by atoms with van der Waals surface area (Å²) in [5, 5.41) is 11.9. The van der Waals surface area contributed by atoms with E-state index in [1.807, 2.05) is 0 Å². The van der Waals surface area contributed by atoms with E-state index >= 15 is 0 Å². The Kier molecular flexibility index (Phi) is 3.49. The van der Waals surface area contributed by atoms with Gasteiger partial charge >= 0.3 is 0 Å². The number of hydrogen-bond acceptors (Lipinski definition) is 3. The first-order chi connectivity index (χ1) is 7.29. The van der Waals surface area contributed by atoms with Gasteiger partial charge in [0.2, 0.25) is 0 Å². The SMILES string of the molecule is Cc1cc(=O)c(C(=O)NCC(C)(C)O)c[nH]1. The number of pyridine rings is 1. The summed E-state index contributed by atoms with van der Waals surface area (Å²) in [6.45, 7) is 4.98. The van der Waals surface area contributed by atoms with Gasteiger partial charge in [-0.25, -0.2) is 0 Å². The molecule has 0 fully saturated rings. The minimum Gasteiger partial charge on any atom is -0.389 e. The Labute approximate surface area is 93.5 Å². The molecule has 16 heavy (non-hydrogen) atoms. The van der Waals surface area contributed by atoms with Crippen LogP contribution in [-0.2, 0) is 0 Å². The normalized spacial score (nSPS) is 11.2. The number of H-pyrrole nitrogens is 1. The fourth-order valence-corrected chi connectivity index (χ4v) is 1.14. The Balaban J connectivity index is 2.78. The maximum atomic E-state index is 11.6. The van der Waals surface area contributed by atoms with Gasteiger partial charge in [0.05, 0.1) is 5.60 Å². The zero-order chi connectivity index (χ0) is 12.3. The van der Waals surface area contributed by atoms with Gasteiger partial charge in [0.25, 0.3) is 5.91 Å². The zero-order valence-corrected chi connectivity index (χ0v) is 9.63. The molecule has 0 aliphatic rings. The quantitative estimate of drug-likeness (QED) is 0.685. The van der Waals surface area contributed by atoms with Crippen LogP contribution < -0.4 is 10.7 Å². The molecule has 1 heterocycles. The third-order valence-electron chi connectivity index (χ3n) is 1.98. The van der Waals surface area contributed by atoms with Gasteiger partial charge in [-0.3, -0.25) is 9.59 Å². The second-order valence-electron chi connectivity index (χ2n) is 4.39. The topological polar surface area (TPSA) is 82.2 Å². The highest BCUT2D eigenvalue weighted by atomic mass is 16.3. The summed E-state index contributed by atoms with van der Waals surface area (Å²) in [6, 6.07) is 1.36. The Hall–Kier alpha value is -1.62. The summed E-state index contributed by atoms with van der Waals surface area (Å²) in [5.41, 5.74) is -0.573. The summed E-state index contributed by atoms with van der Waals surface area (Å²) >= 11 is 0. The molecule has 0 saturated carbocycles. The molecule has 5 nitrogen and oxygen atoms in total. The second kappa shape index (κ2) is 4.49. The second-order valence-corrected chi connectivity index (χ2v) is 4.39. The van der Waals surface area contributed by atoms with Crippen LogP contribution in [0.1, 0.15) is 29.9 Å². The number of carbonyl (C=O) groups excluding carboxylic acids is 1. The van der Waals surface area contributed by atoms with Crippen molar-refractivity contribution in [3.8, 4) is 0 Å². The summed E-state index contributed by atoms with van der Waals surface area (Å²) in [6.07, 6.45) is 1.37. The molecule has 0 bridgehead atoms. The molecule has 0 atom stereocenters. The molecule has 1 rings (SSSR count). The number of hydrogen-bond donors (Lipinski definition) is 3. The predicted octanol–water partition coefficient (Wildman–Crippen LogP) is 0.184. The number of rotatable bonds is 3. The predicted molar refractivity (Wildman–Crippen MR) is 60.4 cm³/mol.